The Morgan fingerprint density at radius 2 is 1.73 bits per heavy atom. The molecule has 0 bridgehead atoms. The number of amides is 1. The van der Waals surface area contributed by atoms with Gasteiger partial charge in [-0.3, -0.25) is 4.79 Å². The summed E-state index contributed by atoms with van der Waals surface area (Å²) in [6.07, 6.45) is 0. The lowest BCUT2D eigenvalue weighted by Crippen LogP contribution is -2.26. The third-order valence-electron chi connectivity index (χ3n) is 3.70. The van der Waals surface area contributed by atoms with E-state index in [0.717, 1.165) is 27.9 Å². The van der Waals surface area contributed by atoms with Crippen LogP contribution in [0.3, 0.4) is 0 Å². The number of para-hydroxylation sites is 1. The first-order chi connectivity index (χ1) is 10.5. The van der Waals surface area contributed by atoms with Crippen molar-refractivity contribution < 1.29 is 9.21 Å². The molecule has 0 spiro atoms. The fraction of sp³-hybridized carbons (Fsp3) is 0.211. The van der Waals surface area contributed by atoms with Gasteiger partial charge in [-0.1, -0.05) is 35.4 Å². The summed E-state index contributed by atoms with van der Waals surface area (Å²) in [6.45, 7) is 5.91. The molecule has 1 amide bonds. The molecule has 1 atom stereocenters. The molecule has 0 saturated carbocycles. The number of fused-ring (bicyclic) bond motifs is 1. The molecule has 0 fully saturated rings. The van der Waals surface area contributed by atoms with Crippen LogP contribution in [0, 0.1) is 13.8 Å². The lowest BCUT2D eigenvalue weighted by Gasteiger charge is -2.12. The maximum atomic E-state index is 12.4. The van der Waals surface area contributed by atoms with Crippen LogP contribution in [-0.2, 0) is 0 Å². The summed E-state index contributed by atoms with van der Waals surface area (Å²) in [6, 6.07) is 15.5. The molecule has 0 unspecified atom stereocenters. The summed E-state index contributed by atoms with van der Waals surface area (Å²) in [5.41, 5.74) is 3.69. The molecule has 3 rings (SSSR count). The minimum Gasteiger partial charge on any atom is -0.459 e. The van der Waals surface area contributed by atoms with Crippen LogP contribution in [0.5, 0.6) is 0 Å². The molecule has 2 aromatic carbocycles. The SMILES string of the molecule is Cc1cc(C)cc(C(=O)N[C@@H](C)c2cc3ccccc3o2)c1. The van der Waals surface area contributed by atoms with Crippen molar-refractivity contribution in [3.8, 4) is 0 Å². The van der Waals surface area contributed by atoms with E-state index in [1.54, 1.807) is 0 Å². The van der Waals surface area contributed by atoms with Crippen molar-refractivity contribution in [2.24, 2.45) is 0 Å². The van der Waals surface area contributed by atoms with Crippen LogP contribution >= 0.6 is 0 Å². The molecule has 3 nitrogen and oxygen atoms in total. The van der Waals surface area contributed by atoms with Crippen LogP contribution in [-0.4, -0.2) is 5.91 Å². The molecule has 1 heterocycles. The third kappa shape index (κ3) is 2.89. The lowest BCUT2D eigenvalue weighted by molar-refractivity contribution is 0.0935. The predicted octanol–water partition coefficient (Wildman–Crippen LogP) is 4.54. The van der Waals surface area contributed by atoms with Gasteiger partial charge in [-0.25, -0.2) is 0 Å². The number of aryl methyl sites for hydroxylation is 2. The van der Waals surface area contributed by atoms with Crippen molar-refractivity contribution in [1.82, 2.24) is 5.32 Å². The van der Waals surface area contributed by atoms with E-state index in [1.165, 1.54) is 0 Å². The average molecular weight is 293 g/mol. The second kappa shape index (κ2) is 5.68. The number of carbonyl (C=O) groups is 1. The molecule has 0 saturated heterocycles. The van der Waals surface area contributed by atoms with Gasteiger partial charge in [0, 0.05) is 10.9 Å². The molecule has 0 aliphatic heterocycles. The van der Waals surface area contributed by atoms with E-state index in [-0.39, 0.29) is 11.9 Å². The molecule has 0 aliphatic rings. The van der Waals surface area contributed by atoms with E-state index in [1.807, 2.05) is 63.2 Å². The highest BCUT2D eigenvalue weighted by Crippen LogP contribution is 2.23. The van der Waals surface area contributed by atoms with Crippen LogP contribution in [0.15, 0.2) is 52.9 Å². The van der Waals surface area contributed by atoms with Crippen molar-refractivity contribution >= 4 is 16.9 Å². The van der Waals surface area contributed by atoms with Crippen LogP contribution in [0.25, 0.3) is 11.0 Å². The fourth-order valence-corrected chi connectivity index (χ4v) is 2.67. The van der Waals surface area contributed by atoms with Crippen LogP contribution < -0.4 is 5.32 Å². The number of furan rings is 1. The van der Waals surface area contributed by atoms with Gasteiger partial charge < -0.3 is 9.73 Å². The van der Waals surface area contributed by atoms with E-state index in [0.29, 0.717) is 5.56 Å². The van der Waals surface area contributed by atoms with Crippen molar-refractivity contribution in [1.29, 1.82) is 0 Å². The van der Waals surface area contributed by atoms with Crippen LogP contribution in [0.1, 0.15) is 40.2 Å². The van der Waals surface area contributed by atoms with Gasteiger partial charge in [0.15, 0.2) is 0 Å². The summed E-state index contributed by atoms with van der Waals surface area (Å²) in [4.78, 5) is 12.4. The Hall–Kier alpha value is -2.55. The van der Waals surface area contributed by atoms with Crippen molar-refractivity contribution in [3.05, 3.63) is 71.0 Å². The zero-order chi connectivity index (χ0) is 15.7. The Balaban J connectivity index is 1.80. The first kappa shape index (κ1) is 14.4. The van der Waals surface area contributed by atoms with Gasteiger partial charge in [0.2, 0.25) is 0 Å². The first-order valence-electron chi connectivity index (χ1n) is 7.40. The molecule has 1 N–H and O–H groups in total. The van der Waals surface area contributed by atoms with Crippen molar-refractivity contribution in [2.45, 2.75) is 26.8 Å². The summed E-state index contributed by atoms with van der Waals surface area (Å²) in [7, 11) is 0. The lowest BCUT2D eigenvalue weighted by atomic mass is 10.1. The van der Waals surface area contributed by atoms with Crippen LogP contribution in [0.2, 0.25) is 0 Å². The largest absolute Gasteiger partial charge is 0.459 e. The summed E-state index contributed by atoms with van der Waals surface area (Å²) < 4.78 is 5.80. The molecule has 0 radical (unpaired) electrons. The molecule has 112 valence electrons. The minimum atomic E-state index is -0.180. The Bertz CT molecular complexity index is 779. The Morgan fingerprint density at radius 1 is 1.05 bits per heavy atom. The highest BCUT2D eigenvalue weighted by molar-refractivity contribution is 5.94. The third-order valence-corrected chi connectivity index (χ3v) is 3.70. The van der Waals surface area contributed by atoms with Gasteiger partial charge in [0.05, 0.1) is 6.04 Å². The second-order valence-electron chi connectivity index (χ2n) is 5.76. The van der Waals surface area contributed by atoms with E-state index in [2.05, 4.69) is 11.4 Å². The normalized spacial score (nSPS) is 12.3. The number of benzene rings is 2. The Labute approximate surface area is 130 Å². The zero-order valence-corrected chi connectivity index (χ0v) is 13.0. The Morgan fingerprint density at radius 3 is 2.41 bits per heavy atom. The van der Waals surface area contributed by atoms with Gasteiger partial charge in [-0.2, -0.15) is 0 Å². The van der Waals surface area contributed by atoms with Gasteiger partial charge in [-0.05, 0) is 45.0 Å². The van der Waals surface area contributed by atoms with E-state index >= 15 is 0 Å². The standard InChI is InChI=1S/C19H19NO2/c1-12-8-13(2)10-16(9-12)19(21)20-14(3)18-11-15-6-4-5-7-17(15)22-18/h4-11,14H,1-3H3,(H,20,21)/t14-/m0/s1. The highest BCUT2D eigenvalue weighted by Gasteiger charge is 2.15. The molecule has 1 aromatic heterocycles. The molecular weight excluding hydrogens is 274 g/mol. The Kier molecular flexibility index (Phi) is 3.72. The molecular formula is C19H19NO2. The van der Waals surface area contributed by atoms with Crippen molar-refractivity contribution in [2.75, 3.05) is 0 Å². The van der Waals surface area contributed by atoms with Gasteiger partial charge in [0.1, 0.15) is 11.3 Å². The summed E-state index contributed by atoms with van der Waals surface area (Å²) >= 11 is 0. The molecule has 22 heavy (non-hydrogen) atoms. The number of carbonyl (C=O) groups excluding carboxylic acids is 1. The topological polar surface area (TPSA) is 42.2 Å². The average Bonchev–Trinajstić information content (AvgIpc) is 2.90. The van der Waals surface area contributed by atoms with E-state index in [4.69, 9.17) is 4.42 Å². The van der Waals surface area contributed by atoms with Gasteiger partial charge >= 0.3 is 0 Å². The molecule has 3 heteroatoms. The van der Waals surface area contributed by atoms with E-state index < -0.39 is 0 Å². The maximum absolute atomic E-state index is 12.4. The zero-order valence-electron chi connectivity index (χ0n) is 13.0. The summed E-state index contributed by atoms with van der Waals surface area (Å²) in [5, 5.41) is 4.04. The molecule has 0 aliphatic carbocycles. The second-order valence-corrected chi connectivity index (χ2v) is 5.76. The number of nitrogens with one attached hydrogen (secondary N) is 1. The number of hydrogen-bond acceptors (Lipinski definition) is 2. The number of rotatable bonds is 3. The van der Waals surface area contributed by atoms with Gasteiger partial charge in [-0.15, -0.1) is 0 Å². The fourth-order valence-electron chi connectivity index (χ4n) is 2.67. The van der Waals surface area contributed by atoms with Crippen molar-refractivity contribution in [3.63, 3.8) is 0 Å². The number of hydrogen-bond donors (Lipinski definition) is 1. The summed E-state index contributed by atoms with van der Waals surface area (Å²) in [5.74, 6) is 0.679. The molecule has 3 aromatic rings. The highest BCUT2D eigenvalue weighted by atomic mass is 16.3. The van der Waals surface area contributed by atoms with Crippen LogP contribution in [0.4, 0.5) is 0 Å². The van der Waals surface area contributed by atoms with Gasteiger partial charge in [0.25, 0.3) is 5.91 Å². The smallest absolute Gasteiger partial charge is 0.251 e. The minimum absolute atomic E-state index is 0.0836. The first-order valence-corrected chi connectivity index (χ1v) is 7.40. The predicted molar refractivity (Wildman–Crippen MR) is 88.0 cm³/mol. The quantitative estimate of drug-likeness (QED) is 0.770. The maximum Gasteiger partial charge on any atom is 0.251 e. The monoisotopic (exact) mass is 293 g/mol. The van der Waals surface area contributed by atoms with E-state index in [9.17, 15) is 4.79 Å².